The normalized spacial score (nSPS) is 10.9. The molecule has 0 radical (unpaired) electrons. The van der Waals surface area contributed by atoms with Crippen LogP contribution in [-0.2, 0) is 22.4 Å². The van der Waals surface area contributed by atoms with Crippen molar-refractivity contribution in [2.24, 2.45) is 0 Å². The van der Waals surface area contributed by atoms with Gasteiger partial charge in [-0.1, -0.05) is 0 Å². The molecule has 0 aliphatic rings. The number of fused-ring (bicyclic) bond motifs is 1. The number of rotatable bonds is 8. The van der Waals surface area contributed by atoms with Gasteiger partial charge in [0.1, 0.15) is 11.6 Å². The fraction of sp³-hybridized carbons (Fsp3) is 0.333. The quantitative estimate of drug-likeness (QED) is 0.494. The second-order valence-corrected chi connectivity index (χ2v) is 7.33. The maximum Gasteiger partial charge on any atom is 0.310 e. The van der Waals surface area contributed by atoms with Crippen LogP contribution in [0.2, 0.25) is 0 Å². The summed E-state index contributed by atoms with van der Waals surface area (Å²) in [6, 6.07) is 8.28. The molecule has 31 heavy (non-hydrogen) atoms. The minimum absolute atomic E-state index is 0.0217. The molecule has 0 unspecified atom stereocenters. The predicted molar refractivity (Wildman–Crippen MR) is 116 cm³/mol. The minimum Gasteiger partial charge on any atom is -0.493 e. The smallest absolute Gasteiger partial charge is 0.310 e. The average molecular weight is 427 g/mol. The van der Waals surface area contributed by atoms with Crippen molar-refractivity contribution in [2.75, 3.05) is 21.3 Å². The number of hydrogen-bond donors (Lipinski definition) is 0. The molecule has 0 spiro atoms. The molecule has 0 aliphatic heterocycles. The molecule has 1 heterocycles. The fourth-order valence-corrected chi connectivity index (χ4v) is 3.40. The van der Waals surface area contributed by atoms with Gasteiger partial charge < -0.3 is 18.9 Å². The van der Waals surface area contributed by atoms with Gasteiger partial charge in [0.15, 0.2) is 11.5 Å². The van der Waals surface area contributed by atoms with Crippen molar-refractivity contribution in [3.05, 3.63) is 59.2 Å². The highest BCUT2D eigenvalue weighted by atomic mass is 19.1. The van der Waals surface area contributed by atoms with Crippen molar-refractivity contribution in [1.29, 1.82) is 0 Å². The van der Waals surface area contributed by atoms with Crippen LogP contribution in [-0.4, -0.2) is 38.4 Å². The lowest BCUT2D eigenvalue weighted by atomic mass is 9.98. The molecule has 0 saturated carbocycles. The SMILES string of the molecule is COC(=O)Cc1cnc(Cc2cc(OC(C)C)ccc2F)c2cc(OC)c(OC)cc12. The second-order valence-electron chi connectivity index (χ2n) is 7.33. The summed E-state index contributed by atoms with van der Waals surface area (Å²) in [5.74, 6) is 0.917. The van der Waals surface area contributed by atoms with E-state index in [0.29, 0.717) is 34.1 Å². The first kappa shape index (κ1) is 22.3. The second kappa shape index (κ2) is 9.64. The maximum atomic E-state index is 14.6. The van der Waals surface area contributed by atoms with E-state index < -0.39 is 0 Å². The Labute approximate surface area is 180 Å². The lowest BCUT2D eigenvalue weighted by molar-refractivity contribution is -0.139. The van der Waals surface area contributed by atoms with Crippen molar-refractivity contribution >= 4 is 16.7 Å². The van der Waals surface area contributed by atoms with E-state index in [1.807, 2.05) is 13.8 Å². The lowest BCUT2D eigenvalue weighted by Crippen LogP contribution is -2.08. The molecule has 0 saturated heterocycles. The number of nitrogens with zero attached hydrogens (tertiary/aromatic N) is 1. The van der Waals surface area contributed by atoms with E-state index in [1.54, 1.807) is 44.7 Å². The Balaban J connectivity index is 2.12. The summed E-state index contributed by atoms with van der Waals surface area (Å²) in [5.41, 5.74) is 1.79. The van der Waals surface area contributed by atoms with Gasteiger partial charge in [-0.3, -0.25) is 9.78 Å². The van der Waals surface area contributed by atoms with Gasteiger partial charge in [0, 0.05) is 18.0 Å². The van der Waals surface area contributed by atoms with E-state index in [0.717, 1.165) is 10.8 Å². The van der Waals surface area contributed by atoms with Crippen molar-refractivity contribution in [2.45, 2.75) is 32.8 Å². The van der Waals surface area contributed by atoms with Crippen LogP contribution in [0.5, 0.6) is 17.2 Å². The van der Waals surface area contributed by atoms with E-state index >= 15 is 0 Å². The molecule has 0 fully saturated rings. The molecule has 2 aromatic carbocycles. The molecule has 0 N–H and O–H groups in total. The predicted octanol–water partition coefficient (Wildman–Crippen LogP) is 4.48. The number of carbonyl (C=O) groups is 1. The number of methoxy groups -OCH3 is 3. The van der Waals surface area contributed by atoms with E-state index in [9.17, 15) is 9.18 Å². The van der Waals surface area contributed by atoms with Gasteiger partial charge in [0.2, 0.25) is 0 Å². The Morgan fingerprint density at radius 3 is 2.29 bits per heavy atom. The molecule has 1 aromatic heterocycles. The number of esters is 1. The highest BCUT2D eigenvalue weighted by Crippen LogP contribution is 2.36. The highest BCUT2D eigenvalue weighted by molar-refractivity contribution is 5.93. The molecular formula is C24H26FNO5. The zero-order valence-corrected chi connectivity index (χ0v) is 18.3. The monoisotopic (exact) mass is 427 g/mol. The Kier molecular flexibility index (Phi) is 6.95. The van der Waals surface area contributed by atoms with E-state index in [4.69, 9.17) is 18.9 Å². The van der Waals surface area contributed by atoms with Crippen LogP contribution in [0.3, 0.4) is 0 Å². The van der Waals surface area contributed by atoms with Crippen LogP contribution < -0.4 is 14.2 Å². The molecule has 3 rings (SSSR count). The fourth-order valence-electron chi connectivity index (χ4n) is 3.40. The Morgan fingerprint density at radius 1 is 1.00 bits per heavy atom. The van der Waals surface area contributed by atoms with Gasteiger partial charge in [-0.05, 0) is 60.7 Å². The summed E-state index contributed by atoms with van der Waals surface area (Å²) >= 11 is 0. The first-order valence-corrected chi connectivity index (χ1v) is 9.90. The minimum atomic E-state index is -0.379. The third kappa shape index (κ3) is 5.05. The van der Waals surface area contributed by atoms with Crippen molar-refractivity contribution in [3.8, 4) is 17.2 Å². The first-order valence-electron chi connectivity index (χ1n) is 9.90. The van der Waals surface area contributed by atoms with E-state index in [2.05, 4.69) is 4.98 Å². The highest BCUT2D eigenvalue weighted by Gasteiger charge is 2.17. The maximum absolute atomic E-state index is 14.6. The van der Waals surface area contributed by atoms with Crippen LogP contribution in [0.15, 0.2) is 36.5 Å². The van der Waals surface area contributed by atoms with Crippen molar-refractivity contribution < 1.29 is 28.1 Å². The summed E-state index contributed by atoms with van der Waals surface area (Å²) in [5, 5.41) is 1.51. The molecule has 3 aromatic rings. The van der Waals surface area contributed by atoms with Gasteiger partial charge in [-0.25, -0.2) is 4.39 Å². The van der Waals surface area contributed by atoms with Crippen LogP contribution in [0.1, 0.15) is 30.7 Å². The molecule has 164 valence electrons. The number of hydrogen-bond acceptors (Lipinski definition) is 6. The van der Waals surface area contributed by atoms with Crippen molar-refractivity contribution in [1.82, 2.24) is 4.98 Å². The third-order valence-electron chi connectivity index (χ3n) is 4.87. The van der Waals surface area contributed by atoms with E-state index in [-0.39, 0.29) is 30.7 Å². The number of ether oxygens (including phenoxy) is 4. The number of halogens is 1. The van der Waals surface area contributed by atoms with Gasteiger partial charge in [-0.2, -0.15) is 0 Å². The molecule has 0 amide bonds. The summed E-state index contributed by atoms with van der Waals surface area (Å²) in [6.45, 7) is 3.83. The van der Waals surface area contributed by atoms with Crippen molar-refractivity contribution in [3.63, 3.8) is 0 Å². The zero-order chi connectivity index (χ0) is 22.5. The van der Waals surface area contributed by atoms with Crippen LogP contribution in [0.25, 0.3) is 10.8 Å². The zero-order valence-electron chi connectivity index (χ0n) is 18.3. The Bertz CT molecular complexity index is 1100. The average Bonchev–Trinajstić information content (AvgIpc) is 2.76. The number of pyridine rings is 1. The van der Waals surface area contributed by atoms with E-state index in [1.165, 1.54) is 13.2 Å². The molecular weight excluding hydrogens is 401 g/mol. The topological polar surface area (TPSA) is 66.9 Å². The summed E-state index contributed by atoms with van der Waals surface area (Å²) in [6.07, 6.45) is 1.90. The molecule has 6 nitrogen and oxygen atoms in total. The molecule has 7 heteroatoms. The number of aromatic nitrogens is 1. The lowest BCUT2D eigenvalue weighted by Gasteiger charge is -2.15. The van der Waals surface area contributed by atoms with Gasteiger partial charge >= 0.3 is 5.97 Å². The van der Waals surface area contributed by atoms with Crippen LogP contribution in [0, 0.1) is 5.82 Å². The van der Waals surface area contributed by atoms with Gasteiger partial charge in [0.25, 0.3) is 0 Å². The Hall–Kier alpha value is -3.35. The summed E-state index contributed by atoms with van der Waals surface area (Å²) in [4.78, 5) is 16.4. The van der Waals surface area contributed by atoms with Crippen LogP contribution in [0.4, 0.5) is 4.39 Å². The van der Waals surface area contributed by atoms with Gasteiger partial charge in [0.05, 0.1) is 39.5 Å². The van der Waals surface area contributed by atoms with Crippen LogP contribution >= 0.6 is 0 Å². The summed E-state index contributed by atoms with van der Waals surface area (Å²) in [7, 11) is 4.42. The molecule has 0 atom stereocenters. The third-order valence-corrected chi connectivity index (χ3v) is 4.87. The standard InChI is InChI=1S/C24H26FNO5/c1-14(2)31-17-6-7-20(25)15(8-17)9-21-19-12-23(29-4)22(28-3)11-18(19)16(13-26-21)10-24(27)30-5/h6-8,11-14H,9-10H2,1-5H3. The number of benzene rings is 2. The number of carbonyl (C=O) groups excluding carboxylic acids is 1. The molecule has 0 aliphatic carbocycles. The molecule has 0 bridgehead atoms. The largest absolute Gasteiger partial charge is 0.493 e. The Morgan fingerprint density at radius 2 is 1.68 bits per heavy atom. The van der Waals surface area contributed by atoms with Gasteiger partial charge in [-0.15, -0.1) is 0 Å². The first-order chi connectivity index (χ1) is 14.9. The summed E-state index contributed by atoms with van der Waals surface area (Å²) < 4.78 is 35.9.